The Labute approximate surface area is 167 Å². The zero-order valence-electron chi connectivity index (χ0n) is 16.7. The number of nitrogens with one attached hydrogen (secondary N) is 1. The Hall–Kier alpha value is -2.56. The van der Waals surface area contributed by atoms with Crippen molar-refractivity contribution in [3.05, 3.63) is 70.1 Å². The van der Waals surface area contributed by atoms with Crippen LogP contribution in [0.4, 0.5) is 0 Å². The van der Waals surface area contributed by atoms with Crippen molar-refractivity contribution in [2.75, 3.05) is 19.6 Å². The Morgan fingerprint density at radius 2 is 1.89 bits per heavy atom. The molecule has 2 aliphatic rings. The summed E-state index contributed by atoms with van der Waals surface area (Å²) in [6.07, 6.45) is 7.30. The zero-order valence-corrected chi connectivity index (χ0v) is 16.7. The minimum absolute atomic E-state index is 0.0290. The molecule has 5 heteroatoms. The Kier molecular flexibility index (Phi) is 5.51. The largest absolute Gasteiger partial charge is 0.357 e. The van der Waals surface area contributed by atoms with Gasteiger partial charge in [0, 0.05) is 31.9 Å². The molecule has 148 valence electrons. The lowest BCUT2D eigenvalue weighted by Gasteiger charge is -2.38. The van der Waals surface area contributed by atoms with Crippen LogP contribution < -0.4 is 10.9 Å². The molecule has 1 N–H and O–H groups in total. The molecule has 1 aliphatic carbocycles. The summed E-state index contributed by atoms with van der Waals surface area (Å²) in [7, 11) is 0. The van der Waals surface area contributed by atoms with E-state index in [1.54, 1.807) is 16.7 Å². The van der Waals surface area contributed by atoms with E-state index in [0.717, 1.165) is 31.2 Å². The lowest BCUT2D eigenvalue weighted by molar-refractivity contribution is 0.151. The predicted molar refractivity (Wildman–Crippen MR) is 114 cm³/mol. The van der Waals surface area contributed by atoms with Crippen LogP contribution in [0.5, 0.6) is 0 Å². The SMILES string of the molecule is CCNC(=NCc1ccc(Cn2ccccc2=O)cc1)N1CCC2(CCC2)C1. The van der Waals surface area contributed by atoms with Crippen LogP contribution in [-0.4, -0.2) is 35.1 Å². The van der Waals surface area contributed by atoms with Gasteiger partial charge in [0.25, 0.3) is 5.56 Å². The number of hydrogen-bond acceptors (Lipinski definition) is 2. The number of likely N-dealkylation sites (tertiary alicyclic amines) is 1. The highest BCUT2D eigenvalue weighted by Gasteiger charge is 2.43. The topological polar surface area (TPSA) is 49.6 Å². The molecule has 1 aromatic carbocycles. The van der Waals surface area contributed by atoms with Gasteiger partial charge in [-0.15, -0.1) is 0 Å². The predicted octanol–water partition coefficient (Wildman–Crippen LogP) is 3.24. The molecule has 2 fully saturated rings. The van der Waals surface area contributed by atoms with Gasteiger partial charge >= 0.3 is 0 Å². The maximum Gasteiger partial charge on any atom is 0.250 e. The number of nitrogens with zero attached hydrogens (tertiary/aromatic N) is 3. The van der Waals surface area contributed by atoms with Gasteiger partial charge in [0.15, 0.2) is 5.96 Å². The molecule has 5 nitrogen and oxygen atoms in total. The molecule has 1 saturated heterocycles. The highest BCUT2D eigenvalue weighted by Crippen LogP contribution is 2.47. The summed E-state index contributed by atoms with van der Waals surface area (Å²) < 4.78 is 1.72. The number of benzene rings is 1. The third-order valence-corrected chi connectivity index (χ3v) is 6.17. The van der Waals surface area contributed by atoms with Crippen LogP contribution in [0.25, 0.3) is 0 Å². The van der Waals surface area contributed by atoms with Gasteiger partial charge in [-0.25, -0.2) is 4.99 Å². The fourth-order valence-electron chi connectivity index (χ4n) is 4.33. The second-order valence-electron chi connectivity index (χ2n) is 8.18. The summed E-state index contributed by atoms with van der Waals surface area (Å²) in [6, 6.07) is 13.7. The average molecular weight is 379 g/mol. The number of aliphatic imine (C=N–C) groups is 1. The molecule has 28 heavy (non-hydrogen) atoms. The highest BCUT2D eigenvalue weighted by atomic mass is 16.1. The monoisotopic (exact) mass is 378 g/mol. The summed E-state index contributed by atoms with van der Waals surface area (Å²) in [5, 5.41) is 3.47. The fourth-order valence-corrected chi connectivity index (χ4v) is 4.33. The quantitative estimate of drug-likeness (QED) is 0.642. The number of pyridine rings is 1. The van der Waals surface area contributed by atoms with Gasteiger partial charge in [0.05, 0.1) is 13.1 Å². The summed E-state index contributed by atoms with van der Waals surface area (Å²) >= 11 is 0. The van der Waals surface area contributed by atoms with E-state index in [-0.39, 0.29) is 5.56 Å². The molecule has 0 atom stereocenters. The fraction of sp³-hybridized carbons (Fsp3) is 0.478. The molecule has 0 radical (unpaired) electrons. The van der Waals surface area contributed by atoms with Crippen molar-refractivity contribution in [1.29, 1.82) is 0 Å². The summed E-state index contributed by atoms with van der Waals surface area (Å²) in [5.74, 6) is 1.05. The van der Waals surface area contributed by atoms with Gasteiger partial charge in [-0.2, -0.15) is 0 Å². The van der Waals surface area contributed by atoms with E-state index in [2.05, 4.69) is 41.4 Å². The van der Waals surface area contributed by atoms with Crippen molar-refractivity contribution >= 4 is 5.96 Å². The summed E-state index contributed by atoms with van der Waals surface area (Å²) in [6.45, 7) is 6.58. The van der Waals surface area contributed by atoms with Gasteiger partial charge < -0.3 is 14.8 Å². The molecule has 2 aromatic rings. The van der Waals surface area contributed by atoms with Crippen molar-refractivity contribution in [3.8, 4) is 0 Å². The van der Waals surface area contributed by atoms with E-state index in [1.165, 1.54) is 31.2 Å². The first-order valence-corrected chi connectivity index (χ1v) is 10.4. The normalized spacial score (nSPS) is 18.3. The molecule has 1 spiro atoms. The molecule has 2 heterocycles. The van der Waals surface area contributed by atoms with Crippen LogP contribution in [0.2, 0.25) is 0 Å². The van der Waals surface area contributed by atoms with Gasteiger partial charge in [-0.3, -0.25) is 4.79 Å². The summed E-state index contributed by atoms with van der Waals surface area (Å²) in [5.41, 5.74) is 2.92. The van der Waals surface area contributed by atoms with E-state index in [1.807, 2.05) is 12.3 Å². The van der Waals surface area contributed by atoms with Crippen molar-refractivity contribution in [2.24, 2.45) is 10.4 Å². The molecule has 1 aromatic heterocycles. The lowest BCUT2D eigenvalue weighted by atomic mass is 9.68. The average Bonchev–Trinajstić information content (AvgIpc) is 3.14. The van der Waals surface area contributed by atoms with Crippen LogP contribution in [0, 0.1) is 5.41 Å². The zero-order chi connectivity index (χ0) is 19.4. The number of guanidine groups is 1. The van der Waals surface area contributed by atoms with Crippen LogP contribution in [0.1, 0.15) is 43.7 Å². The van der Waals surface area contributed by atoms with E-state index in [4.69, 9.17) is 4.99 Å². The Morgan fingerprint density at radius 1 is 1.11 bits per heavy atom. The maximum absolute atomic E-state index is 11.9. The van der Waals surface area contributed by atoms with Crippen LogP contribution in [0.15, 0.2) is 58.4 Å². The van der Waals surface area contributed by atoms with Crippen molar-refractivity contribution in [2.45, 2.75) is 45.7 Å². The van der Waals surface area contributed by atoms with Crippen molar-refractivity contribution in [1.82, 2.24) is 14.8 Å². The first kappa shape index (κ1) is 18.8. The summed E-state index contributed by atoms with van der Waals surface area (Å²) in [4.78, 5) is 19.2. The molecule has 1 saturated carbocycles. The van der Waals surface area contributed by atoms with Crippen molar-refractivity contribution in [3.63, 3.8) is 0 Å². The molecular formula is C23H30N4O. The van der Waals surface area contributed by atoms with Crippen LogP contribution in [-0.2, 0) is 13.1 Å². The van der Waals surface area contributed by atoms with Gasteiger partial charge in [-0.05, 0) is 48.8 Å². The number of rotatable bonds is 5. The second kappa shape index (κ2) is 8.21. The first-order chi connectivity index (χ1) is 13.7. The minimum Gasteiger partial charge on any atom is -0.357 e. The number of aromatic nitrogens is 1. The van der Waals surface area contributed by atoms with E-state index < -0.39 is 0 Å². The molecule has 1 aliphatic heterocycles. The Balaban J connectivity index is 1.39. The van der Waals surface area contributed by atoms with E-state index in [9.17, 15) is 4.79 Å². The minimum atomic E-state index is 0.0290. The van der Waals surface area contributed by atoms with Gasteiger partial charge in [0.1, 0.15) is 0 Å². The second-order valence-corrected chi connectivity index (χ2v) is 8.18. The third kappa shape index (κ3) is 4.13. The molecule has 4 rings (SSSR count). The molecular weight excluding hydrogens is 348 g/mol. The lowest BCUT2D eigenvalue weighted by Crippen LogP contribution is -2.42. The Bertz CT molecular complexity index is 880. The molecule has 0 unspecified atom stereocenters. The van der Waals surface area contributed by atoms with Gasteiger partial charge in [0.2, 0.25) is 0 Å². The van der Waals surface area contributed by atoms with E-state index >= 15 is 0 Å². The number of hydrogen-bond donors (Lipinski definition) is 1. The van der Waals surface area contributed by atoms with Crippen molar-refractivity contribution < 1.29 is 0 Å². The standard InChI is InChI=1S/C23H30N4O/c1-2-24-22(27-15-13-23(18-27)11-5-12-23)25-16-19-7-9-20(10-8-19)17-26-14-4-3-6-21(26)28/h3-4,6-10,14H,2,5,11-13,15-18H2,1H3,(H,24,25). The van der Waals surface area contributed by atoms with Crippen LogP contribution >= 0.6 is 0 Å². The Morgan fingerprint density at radius 3 is 2.54 bits per heavy atom. The van der Waals surface area contributed by atoms with Gasteiger partial charge in [-0.1, -0.05) is 36.8 Å². The first-order valence-electron chi connectivity index (χ1n) is 10.4. The highest BCUT2D eigenvalue weighted by molar-refractivity contribution is 5.80. The smallest absolute Gasteiger partial charge is 0.250 e. The molecule has 0 amide bonds. The maximum atomic E-state index is 11.9. The third-order valence-electron chi connectivity index (χ3n) is 6.17. The van der Waals surface area contributed by atoms with Crippen LogP contribution in [0.3, 0.4) is 0 Å². The molecule has 0 bridgehead atoms. The van der Waals surface area contributed by atoms with E-state index in [0.29, 0.717) is 18.5 Å².